The maximum Gasteiger partial charge on any atom is 0.165 e. The first kappa shape index (κ1) is 15.0. The van der Waals surface area contributed by atoms with Gasteiger partial charge in [-0.3, -0.25) is 4.79 Å². The zero-order valence-corrected chi connectivity index (χ0v) is 12.8. The minimum absolute atomic E-state index is 0.105. The van der Waals surface area contributed by atoms with Gasteiger partial charge < -0.3 is 9.47 Å². The molecule has 1 saturated heterocycles. The van der Waals surface area contributed by atoms with Crippen LogP contribution in [0.5, 0.6) is 0 Å². The third-order valence-corrected chi connectivity index (χ3v) is 4.63. The Morgan fingerprint density at radius 2 is 1.84 bits per heavy atom. The highest BCUT2D eigenvalue weighted by molar-refractivity contribution is 5.81. The van der Waals surface area contributed by atoms with E-state index < -0.39 is 5.79 Å². The lowest BCUT2D eigenvalue weighted by Gasteiger charge is -2.42. The molecular formula is C16H28O3. The smallest absolute Gasteiger partial charge is 0.165 e. The first-order valence-electron chi connectivity index (χ1n) is 7.62. The molecule has 2 rings (SSSR count). The SMILES string of the molecule is C[C@@H]1CCCC(=O)[C@H]1CCC1(C)OCC(C)(C)CO1. The first-order valence-corrected chi connectivity index (χ1v) is 7.62. The summed E-state index contributed by atoms with van der Waals surface area (Å²) in [6.07, 6.45) is 4.73. The van der Waals surface area contributed by atoms with E-state index in [0.29, 0.717) is 11.7 Å². The molecule has 110 valence electrons. The van der Waals surface area contributed by atoms with Crippen molar-refractivity contribution in [2.24, 2.45) is 17.3 Å². The quantitative estimate of drug-likeness (QED) is 0.785. The monoisotopic (exact) mass is 268 g/mol. The average molecular weight is 268 g/mol. The highest BCUT2D eigenvalue weighted by Gasteiger charge is 2.38. The van der Waals surface area contributed by atoms with Gasteiger partial charge in [-0.1, -0.05) is 20.8 Å². The zero-order valence-electron chi connectivity index (χ0n) is 12.8. The van der Waals surface area contributed by atoms with Crippen LogP contribution in [-0.2, 0) is 14.3 Å². The van der Waals surface area contributed by atoms with Crippen LogP contribution in [-0.4, -0.2) is 24.8 Å². The summed E-state index contributed by atoms with van der Waals surface area (Å²) in [5.41, 5.74) is 0.105. The van der Waals surface area contributed by atoms with Crippen molar-refractivity contribution in [1.82, 2.24) is 0 Å². The van der Waals surface area contributed by atoms with Gasteiger partial charge in [-0.2, -0.15) is 0 Å². The third kappa shape index (κ3) is 3.79. The highest BCUT2D eigenvalue weighted by atomic mass is 16.7. The van der Waals surface area contributed by atoms with Crippen LogP contribution in [0.4, 0.5) is 0 Å². The summed E-state index contributed by atoms with van der Waals surface area (Å²) in [6, 6.07) is 0. The third-order valence-electron chi connectivity index (χ3n) is 4.63. The Morgan fingerprint density at radius 3 is 2.42 bits per heavy atom. The predicted octanol–water partition coefficient (Wildman–Crippen LogP) is 3.56. The van der Waals surface area contributed by atoms with E-state index in [2.05, 4.69) is 20.8 Å². The normalized spacial score (nSPS) is 34.2. The minimum atomic E-state index is -0.493. The molecule has 1 aliphatic heterocycles. The molecule has 3 heteroatoms. The summed E-state index contributed by atoms with van der Waals surface area (Å²) in [7, 11) is 0. The van der Waals surface area contributed by atoms with Crippen molar-refractivity contribution in [3.63, 3.8) is 0 Å². The first-order chi connectivity index (χ1) is 8.81. The second kappa shape index (κ2) is 5.53. The standard InChI is InChI=1S/C16H28O3/c1-12-6-5-7-14(17)13(12)8-9-16(4)18-10-15(2,3)11-19-16/h12-13H,5-11H2,1-4H3/t12-,13+/m1/s1. The number of hydrogen-bond acceptors (Lipinski definition) is 3. The van der Waals surface area contributed by atoms with Crippen LogP contribution in [0.1, 0.15) is 59.8 Å². The highest BCUT2D eigenvalue weighted by Crippen LogP contribution is 2.36. The van der Waals surface area contributed by atoms with Crippen molar-refractivity contribution in [3.05, 3.63) is 0 Å². The fraction of sp³-hybridized carbons (Fsp3) is 0.938. The largest absolute Gasteiger partial charge is 0.350 e. The van der Waals surface area contributed by atoms with Gasteiger partial charge >= 0.3 is 0 Å². The van der Waals surface area contributed by atoms with Gasteiger partial charge in [-0.15, -0.1) is 0 Å². The molecule has 1 aliphatic carbocycles. The molecule has 0 aromatic heterocycles. The Bertz CT molecular complexity index is 325. The molecule has 1 heterocycles. The van der Waals surface area contributed by atoms with Crippen molar-refractivity contribution in [2.75, 3.05) is 13.2 Å². The molecule has 2 aliphatic rings. The molecule has 0 radical (unpaired) electrons. The number of carbonyl (C=O) groups is 1. The Balaban J connectivity index is 1.86. The van der Waals surface area contributed by atoms with Crippen LogP contribution < -0.4 is 0 Å². The fourth-order valence-corrected chi connectivity index (χ4v) is 3.09. The molecule has 0 N–H and O–H groups in total. The Morgan fingerprint density at radius 1 is 1.21 bits per heavy atom. The summed E-state index contributed by atoms with van der Waals surface area (Å²) in [4.78, 5) is 12.0. The second-order valence-electron chi connectivity index (χ2n) is 7.36. The van der Waals surface area contributed by atoms with E-state index in [4.69, 9.17) is 9.47 Å². The fourth-order valence-electron chi connectivity index (χ4n) is 3.09. The number of carbonyl (C=O) groups excluding carboxylic acids is 1. The van der Waals surface area contributed by atoms with Crippen molar-refractivity contribution in [1.29, 1.82) is 0 Å². The lowest BCUT2D eigenvalue weighted by molar-refractivity contribution is -0.293. The lowest BCUT2D eigenvalue weighted by Crippen LogP contribution is -2.46. The molecule has 3 nitrogen and oxygen atoms in total. The molecule has 0 aromatic rings. The minimum Gasteiger partial charge on any atom is -0.350 e. The molecule has 19 heavy (non-hydrogen) atoms. The number of Topliss-reactive ketones (excluding diaryl/α,β-unsaturated/α-hetero) is 1. The Labute approximate surface area is 117 Å². The molecular weight excluding hydrogens is 240 g/mol. The van der Waals surface area contributed by atoms with Gasteiger partial charge in [0.05, 0.1) is 13.2 Å². The van der Waals surface area contributed by atoms with Gasteiger partial charge in [-0.25, -0.2) is 0 Å². The molecule has 0 aromatic carbocycles. The number of rotatable bonds is 3. The van der Waals surface area contributed by atoms with E-state index in [1.807, 2.05) is 6.92 Å². The van der Waals surface area contributed by atoms with E-state index in [1.165, 1.54) is 6.42 Å². The van der Waals surface area contributed by atoms with Gasteiger partial charge in [0.2, 0.25) is 0 Å². The Kier molecular flexibility index (Phi) is 4.36. The van der Waals surface area contributed by atoms with Crippen LogP contribution in [0.15, 0.2) is 0 Å². The zero-order chi connectivity index (χ0) is 14.1. The van der Waals surface area contributed by atoms with Crippen molar-refractivity contribution in [3.8, 4) is 0 Å². The number of ether oxygens (including phenoxy) is 2. The maximum atomic E-state index is 12.0. The summed E-state index contributed by atoms with van der Waals surface area (Å²) in [5.74, 6) is 0.684. The molecule has 2 atom stereocenters. The summed E-state index contributed by atoms with van der Waals surface area (Å²) >= 11 is 0. The van der Waals surface area contributed by atoms with Crippen LogP contribution in [0.3, 0.4) is 0 Å². The van der Waals surface area contributed by atoms with E-state index in [9.17, 15) is 4.79 Å². The topological polar surface area (TPSA) is 35.5 Å². The summed E-state index contributed by atoms with van der Waals surface area (Å²) in [6.45, 7) is 9.99. The molecule has 0 unspecified atom stereocenters. The molecule has 0 amide bonds. The van der Waals surface area contributed by atoms with Gasteiger partial charge in [0.15, 0.2) is 5.79 Å². The van der Waals surface area contributed by atoms with Gasteiger partial charge in [0.1, 0.15) is 5.78 Å². The van der Waals surface area contributed by atoms with Crippen LogP contribution in [0.2, 0.25) is 0 Å². The Hall–Kier alpha value is -0.410. The molecule has 0 spiro atoms. The second-order valence-corrected chi connectivity index (χ2v) is 7.36. The van der Waals surface area contributed by atoms with Gasteiger partial charge in [0.25, 0.3) is 0 Å². The van der Waals surface area contributed by atoms with Crippen molar-refractivity contribution < 1.29 is 14.3 Å². The maximum absolute atomic E-state index is 12.0. The average Bonchev–Trinajstić information content (AvgIpc) is 2.33. The van der Waals surface area contributed by atoms with Crippen LogP contribution in [0.25, 0.3) is 0 Å². The molecule has 0 bridgehead atoms. The number of ketones is 1. The van der Waals surface area contributed by atoms with Crippen molar-refractivity contribution in [2.45, 2.75) is 65.6 Å². The predicted molar refractivity (Wildman–Crippen MR) is 74.8 cm³/mol. The van der Waals surface area contributed by atoms with E-state index in [0.717, 1.165) is 38.9 Å². The lowest BCUT2D eigenvalue weighted by atomic mass is 9.76. The molecule has 2 fully saturated rings. The van der Waals surface area contributed by atoms with E-state index in [1.54, 1.807) is 0 Å². The number of hydrogen-bond donors (Lipinski definition) is 0. The molecule has 1 saturated carbocycles. The van der Waals surface area contributed by atoms with Gasteiger partial charge in [0, 0.05) is 24.2 Å². The van der Waals surface area contributed by atoms with Crippen LogP contribution >= 0.6 is 0 Å². The van der Waals surface area contributed by atoms with Crippen molar-refractivity contribution >= 4 is 5.78 Å². The summed E-state index contributed by atoms with van der Waals surface area (Å²) < 4.78 is 11.8. The van der Waals surface area contributed by atoms with E-state index in [-0.39, 0.29) is 11.3 Å². The van der Waals surface area contributed by atoms with E-state index >= 15 is 0 Å². The summed E-state index contributed by atoms with van der Waals surface area (Å²) in [5, 5.41) is 0. The van der Waals surface area contributed by atoms with Crippen LogP contribution in [0, 0.1) is 17.3 Å². The van der Waals surface area contributed by atoms with Gasteiger partial charge in [-0.05, 0) is 32.1 Å².